The molecular formula is C16H15FN4. The van der Waals surface area contributed by atoms with Crippen molar-refractivity contribution in [1.29, 1.82) is 0 Å². The normalized spacial score (nSPS) is 11.0. The van der Waals surface area contributed by atoms with Crippen molar-refractivity contribution in [3.8, 4) is 0 Å². The highest BCUT2D eigenvalue weighted by Crippen LogP contribution is 2.25. The summed E-state index contributed by atoms with van der Waals surface area (Å²) in [7, 11) is 0. The lowest BCUT2D eigenvalue weighted by molar-refractivity contribution is 0.628. The topological polar surface area (TPSA) is 43.1 Å². The van der Waals surface area contributed by atoms with Crippen LogP contribution in [0, 0.1) is 12.7 Å². The van der Waals surface area contributed by atoms with Crippen molar-refractivity contribution < 1.29 is 4.39 Å². The Morgan fingerprint density at radius 3 is 2.86 bits per heavy atom. The summed E-state index contributed by atoms with van der Waals surface area (Å²) in [6.07, 6.45) is 7.52. The fraction of sp³-hybridized carbons (Fsp3) is 0.188. The van der Waals surface area contributed by atoms with Crippen molar-refractivity contribution in [3.63, 3.8) is 0 Å². The minimum Gasteiger partial charge on any atom is -0.301 e. The van der Waals surface area contributed by atoms with Crippen molar-refractivity contribution in [2.45, 2.75) is 20.3 Å². The van der Waals surface area contributed by atoms with E-state index in [1.165, 1.54) is 12.4 Å². The molecule has 4 nitrogen and oxygen atoms in total. The van der Waals surface area contributed by atoms with Crippen LogP contribution in [-0.2, 0) is 6.42 Å². The standard InChI is InChI=1S/C16H15FN4/c1-4-13-6-19-16-15(17)5-12(8-21(13)16)10(2)14-7-18-9-20-11(14)3/h5-9H,2,4H2,1,3H3. The van der Waals surface area contributed by atoms with Gasteiger partial charge >= 0.3 is 0 Å². The second-order valence-electron chi connectivity index (χ2n) is 4.87. The molecule has 0 atom stereocenters. The predicted molar refractivity (Wildman–Crippen MR) is 79.4 cm³/mol. The number of hydrogen-bond donors (Lipinski definition) is 0. The first-order valence-corrected chi connectivity index (χ1v) is 6.73. The lowest BCUT2D eigenvalue weighted by Crippen LogP contribution is -1.99. The first-order chi connectivity index (χ1) is 10.1. The number of rotatable bonds is 3. The Labute approximate surface area is 122 Å². The Hall–Kier alpha value is -2.56. The highest BCUT2D eigenvalue weighted by Gasteiger charge is 2.13. The van der Waals surface area contributed by atoms with Crippen molar-refractivity contribution >= 4 is 11.2 Å². The maximum absolute atomic E-state index is 14.2. The third-order valence-electron chi connectivity index (χ3n) is 3.58. The molecule has 21 heavy (non-hydrogen) atoms. The summed E-state index contributed by atoms with van der Waals surface area (Å²) >= 11 is 0. The van der Waals surface area contributed by atoms with Gasteiger partial charge in [0.15, 0.2) is 11.5 Å². The van der Waals surface area contributed by atoms with Gasteiger partial charge in [0, 0.05) is 41.1 Å². The molecule has 5 heteroatoms. The van der Waals surface area contributed by atoms with Crippen LogP contribution in [0.3, 0.4) is 0 Å². The van der Waals surface area contributed by atoms with Crippen LogP contribution >= 0.6 is 0 Å². The number of pyridine rings is 1. The summed E-state index contributed by atoms with van der Waals surface area (Å²) in [5.74, 6) is -0.358. The molecule has 3 aromatic heterocycles. The zero-order chi connectivity index (χ0) is 15.0. The molecule has 3 heterocycles. The maximum Gasteiger partial charge on any atom is 0.173 e. The van der Waals surface area contributed by atoms with Crippen LogP contribution in [0.1, 0.15) is 29.4 Å². The lowest BCUT2D eigenvalue weighted by atomic mass is 10.0. The quantitative estimate of drug-likeness (QED) is 0.741. The largest absolute Gasteiger partial charge is 0.301 e. The third kappa shape index (κ3) is 2.20. The zero-order valence-electron chi connectivity index (χ0n) is 12.0. The molecule has 0 aliphatic rings. The Kier molecular flexibility index (Phi) is 3.25. The van der Waals surface area contributed by atoms with Crippen LogP contribution in [0.5, 0.6) is 0 Å². The van der Waals surface area contributed by atoms with Crippen molar-refractivity contribution in [1.82, 2.24) is 19.4 Å². The minimum atomic E-state index is -0.358. The monoisotopic (exact) mass is 282 g/mol. The smallest absolute Gasteiger partial charge is 0.173 e. The summed E-state index contributed by atoms with van der Waals surface area (Å²) in [6, 6.07) is 1.45. The summed E-state index contributed by atoms with van der Waals surface area (Å²) in [6.45, 7) is 7.96. The maximum atomic E-state index is 14.2. The van der Waals surface area contributed by atoms with E-state index in [1.807, 2.05) is 20.0 Å². The van der Waals surface area contributed by atoms with E-state index in [9.17, 15) is 4.39 Å². The van der Waals surface area contributed by atoms with Gasteiger partial charge in [0.05, 0.1) is 0 Å². The number of aryl methyl sites for hydroxylation is 2. The van der Waals surface area contributed by atoms with Gasteiger partial charge < -0.3 is 4.40 Å². The fourth-order valence-corrected chi connectivity index (χ4v) is 2.36. The average Bonchev–Trinajstić information content (AvgIpc) is 2.90. The molecule has 0 unspecified atom stereocenters. The molecule has 0 amide bonds. The van der Waals surface area contributed by atoms with Crippen LogP contribution in [0.2, 0.25) is 0 Å². The number of halogens is 1. The Morgan fingerprint density at radius 1 is 1.33 bits per heavy atom. The average molecular weight is 282 g/mol. The van der Waals surface area contributed by atoms with E-state index in [2.05, 4.69) is 21.5 Å². The molecular weight excluding hydrogens is 267 g/mol. The fourth-order valence-electron chi connectivity index (χ4n) is 2.36. The second-order valence-corrected chi connectivity index (χ2v) is 4.87. The molecule has 0 radical (unpaired) electrons. The molecule has 0 N–H and O–H groups in total. The predicted octanol–water partition coefficient (Wildman–Crippen LogP) is 3.20. The summed E-state index contributed by atoms with van der Waals surface area (Å²) in [5.41, 5.74) is 4.32. The van der Waals surface area contributed by atoms with Gasteiger partial charge in [0.2, 0.25) is 0 Å². The second kappa shape index (κ2) is 5.09. The Bertz CT molecular complexity index is 835. The third-order valence-corrected chi connectivity index (χ3v) is 3.58. The molecule has 0 saturated heterocycles. The molecule has 0 aliphatic carbocycles. The van der Waals surface area contributed by atoms with E-state index < -0.39 is 0 Å². The van der Waals surface area contributed by atoms with E-state index >= 15 is 0 Å². The van der Waals surface area contributed by atoms with Crippen LogP contribution in [0.25, 0.3) is 11.2 Å². The SMILES string of the molecule is C=C(c1cc(F)c2ncc(CC)n2c1)c1cncnc1C. The molecule has 0 spiro atoms. The summed E-state index contributed by atoms with van der Waals surface area (Å²) in [4.78, 5) is 12.3. The molecule has 0 aromatic carbocycles. The lowest BCUT2D eigenvalue weighted by Gasteiger charge is -2.10. The van der Waals surface area contributed by atoms with Crippen LogP contribution in [0.4, 0.5) is 4.39 Å². The van der Waals surface area contributed by atoms with Gasteiger partial charge in [-0.2, -0.15) is 0 Å². The van der Waals surface area contributed by atoms with Crippen LogP contribution in [-0.4, -0.2) is 19.4 Å². The summed E-state index contributed by atoms with van der Waals surface area (Å²) < 4.78 is 16.0. The van der Waals surface area contributed by atoms with E-state index in [-0.39, 0.29) is 5.82 Å². The first kappa shape index (κ1) is 13.4. The van der Waals surface area contributed by atoms with E-state index in [0.29, 0.717) is 16.8 Å². The molecule has 0 bridgehead atoms. The van der Waals surface area contributed by atoms with E-state index in [0.717, 1.165) is 23.4 Å². The molecule has 0 fully saturated rings. The van der Waals surface area contributed by atoms with Gasteiger partial charge in [-0.3, -0.25) is 0 Å². The molecule has 0 aliphatic heterocycles. The van der Waals surface area contributed by atoms with E-state index in [4.69, 9.17) is 0 Å². The molecule has 3 rings (SSSR count). The Balaban J connectivity index is 2.17. The minimum absolute atomic E-state index is 0.337. The summed E-state index contributed by atoms with van der Waals surface area (Å²) in [5, 5.41) is 0. The number of nitrogens with zero attached hydrogens (tertiary/aromatic N) is 4. The van der Waals surface area contributed by atoms with Crippen LogP contribution in [0.15, 0.2) is 37.6 Å². The van der Waals surface area contributed by atoms with Crippen molar-refractivity contribution in [2.75, 3.05) is 0 Å². The number of hydrogen-bond acceptors (Lipinski definition) is 3. The molecule has 0 saturated carbocycles. The number of fused-ring (bicyclic) bond motifs is 1. The van der Waals surface area contributed by atoms with Crippen molar-refractivity contribution in [3.05, 3.63) is 65.9 Å². The Morgan fingerprint density at radius 2 is 2.14 bits per heavy atom. The van der Waals surface area contributed by atoms with Gasteiger partial charge in [-0.05, 0) is 25.0 Å². The van der Waals surface area contributed by atoms with Crippen LogP contribution < -0.4 is 0 Å². The first-order valence-electron chi connectivity index (χ1n) is 6.73. The number of imidazole rings is 1. The van der Waals surface area contributed by atoms with Gasteiger partial charge in [0.1, 0.15) is 6.33 Å². The highest BCUT2D eigenvalue weighted by molar-refractivity contribution is 5.79. The zero-order valence-corrected chi connectivity index (χ0v) is 12.0. The molecule has 3 aromatic rings. The van der Waals surface area contributed by atoms with Gasteiger partial charge in [-0.1, -0.05) is 13.5 Å². The molecule has 106 valence electrons. The van der Waals surface area contributed by atoms with Gasteiger partial charge in [-0.25, -0.2) is 19.3 Å². The van der Waals surface area contributed by atoms with E-state index in [1.54, 1.807) is 16.8 Å². The van der Waals surface area contributed by atoms with Gasteiger partial charge in [0.25, 0.3) is 0 Å². The highest BCUT2D eigenvalue weighted by atomic mass is 19.1. The van der Waals surface area contributed by atoms with Gasteiger partial charge in [-0.15, -0.1) is 0 Å². The number of aromatic nitrogens is 4. The van der Waals surface area contributed by atoms with Crippen molar-refractivity contribution in [2.24, 2.45) is 0 Å².